The summed E-state index contributed by atoms with van der Waals surface area (Å²) >= 11 is 6.15. The second-order valence-corrected chi connectivity index (χ2v) is 7.54. The van der Waals surface area contributed by atoms with Crippen LogP contribution in [0.25, 0.3) is 0 Å². The smallest absolute Gasteiger partial charge is 0.325 e. The zero-order chi connectivity index (χ0) is 18.7. The summed E-state index contributed by atoms with van der Waals surface area (Å²) in [6.45, 7) is 1.54. The lowest BCUT2D eigenvalue weighted by atomic mass is 9.90. The van der Waals surface area contributed by atoms with Crippen LogP contribution in [0.15, 0.2) is 24.3 Å². The molecule has 1 heterocycles. The van der Waals surface area contributed by atoms with E-state index >= 15 is 0 Å². The Labute approximate surface area is 158 Å². The summed E-state index contributed by atoms with van der Waals surface area (Å²) in [5.41, 5.74) is -0.0256. The van der Waals surface area contributed by atoms with Crippen LogP contribution in [0.3, 0.4) is 0 Å². The molecule has 2 aliphatic rings. The third-order valence-electron chi connectivity index (χ3n) is 5.25. The molecule has 1 aliphatic carbocycles. The maximum absolute atomic E-state index is 12.8. The van der Waals surface area contributed by atoms with E-state index in [4.69, 9.17) is 11.6 Å². The average Bonchev–Trinajstić information content (AvgIpc) is 2.77. The maximum Gasteiger partial charge on any atom is 0.325 e. The van der Waals surface area contributed by atoms with Crippen LogP contribution in [0.1, 0.15) is 57.1 Å². The zero-order valence-electron chi connectivity index (χ0n) is 14.9. The number of benzene rings is 1. The van der Waals surface area contributed by atoms with E-state index in [0.717, 1.165) is 36.1 Å². The van der Waals surface area contributed by atoms with E-state index in [1.807, 2.05) is 25.1 Å². The highest BCUT2D eigenvalue weighted by Crippen LogP contribution is 2.32. The Morgan fingerprint density at radius 3 is 2.54 bits per heavy atom. The van der Waals surface area contributed by atoms with E-state index in [2.05, 4.69) is 10.6 Å². The van der Waals surface area contributed by atoms with Gasteiger partial charge in [0, 0.05) is 5.02 Å². The first kappa shape index (κ1) is 18.7. The number of hydrogen-bond donors (Lipinski definition) is 2. The second-order valence-electron chi connectivity index (χ2n) is 7.13. The Morgan fingerprint density at radius 2 is 1.88 bits per heavy atom. The minimum absolute atomic E-state index is 0.273. The Kier molecular flexibility index (Phi) is 5.51. The summed E-state index contributed by atoms with van der Waals surface area (Å²) in [7, 11) is 0. The molecule has 1 saturated carbocycles. The monoisotopic (exact) mass is 377 g/mol. The summed E-state index contributed by atoms with van der Waals surface area (Å²) in [5.74, 6) is -0.656. The van der Waals surface area contributed by atoms with E-state index in [-0.39, 0.29) is 24.4 Å². The van der Waals surface area contributed by atoms with Crippen molar-refractivity contribution in [1.82, 2.24) is 15.5 Å². The lowest BCUT2D eigenvalue weighted by molar-refractivity contribution is -0.135. The van der Waals surface area contributed by atoms with Gasteiger partial charge in [0.2, 0.25) is 5.91 Å². The molecule has 1 aliphatic heterocycles. The third-order valence-corrected chi connectivity index (χ3v) is 5.60. The maximum atomic E-state index is 12.8. The number of rotatable bonds is 4. The van der Waals surface area contributed by atoms with Crippen molar-refractivity contribution in [3.05, 3.63) is 34.9 Å². The van der Waals surface area contributed by atoms with Crippen molar-refractivity contribution in [3.8, 4) is 0 Å². The fourth-order valence-electron chi connectivity index (χ4n) is 3.83. The number of carbonyl (C=O) groups excluding carboxylic acids is 3. The summed E-state index contributed by atoms with van der Waals surface area (Å²) in [6, 6.07) is 6.46. The summed E-state index contributed by atoms with van der Waals surface area (Å²) < 4.78 is 0. The molecule has 7 heteroatoms. The molecule has 4 amide bonds. The van der Waals surface area contributed by atoms with Gasteiger partial charge in [-0.2, -0.15) is 0 Å². The van der Waals surface area contributed by atoms with Crippen molar-refractivity contribution in [1.29, 1.82) is 0 Å². The van der Waals surface area contributed by atoms with E-state index in [9.17, 15) is 14.4 Å². The van der Waals surface area contributed by atoms with Gasteiger partial charge in [-0.15, -0.1) is 0 Å². The highest BCUT2D eigenvalue weighted by Gasteiger charge is 2.51. The first-order valence-corrected chi connectivity index (χ1v) is 9.49. The SMILES string of the molecule is C[C@@H](NC(=O)CN1C(=O)NC2(CCCCCC2)C1=O)c1ccccc1Cl. The molecule has 1 atom stereocenters. The summed E-state index contributed by atoms with van der Waals surface area (Å²) in [4.78, 5) is 38.6. The third kappa shape index (κ3) is 3.70. The van der Waals surface area contributed by atoms with Gasteiger partial charge in [-0.3, -0.25) is 14.5 Å². The van der Waals surface area contributed by atoms with Crippen molar-refractivity contribution in [2.24, 2.45) is 0 Å². The molecular formula is C19H24ClN3O3. The van der Waals surface area contributed by atoms with E-state index in [1.54, 1.807) is 6.07 Å². The number of nitrogens with one attached hydrogen (secondary N) is 2. The molecule has 2 N–H and O–H groups in total. The van der Waals surface area contributed by atoms with E-state index in [1.165, 1.54) is 0 Å². The molecule has 0 unspecified atom stereocenters. The van der Waals surface area contributed by atoms with Gasteiger partial charge in [-0.05, 0) is 31.4 Å². The molecule has 1 saturated heterocycles. The Balaban J connectivity index is 1.64. The first-order chi connectivity index (χ1) is 12.4. The van der Waals surface area contributed by atoms with Crippen LogP contribution < -0.4 is 10.6 Å². The molecule has 1 spiro atoms. The van der Waals surface area contributed by atoms with Crippen LogP contribution >= 0.6 is 11.6 Å². The number of hydrogen-bond acceptors (Lipinski definition) is 3. The van der Waals surface area contributed by atoms with Crippen LogP contribution in [0.4, 0.5) is 4.79 Å². The molecule has 6 nitrogen and oxygen atoms in total. The van der Waals surface area contributed by atoms with Crippen LogP contribution in [0.2, 0.25) is 5.02 Å². The molecular weight excluding hydrogens is 354 g/mol. The minimum Gasteiger partial charge on any atom is -0.348 e. The molecule has 1 aromatic rings. The number of amides is 4. The van der Waals surface area contributed by atoms with Gasteiger partial charge in [0.25, 0.3) is 5.91 Å². The minimum atomic E-state index is -0.817. The number of carbonyl (C=O) groups is 3. The van der Waals surface area contributed by atoms with Crippen LogP contribution in [0, 0.1) is 0 Å². The fourth-order valence-corrected chi connectivity index (χ4v) is 4.12. The van der Waals surface area contributed by atoms with Gasteiger partial charge in [0.15, 0.2) is 0 Å². The molecule has 140 valence electrons. The molecule has 26 heavy (non-hydrogen) atoms. The normalized spacial score (nSPS) is 20.6. The summed E-state index contributed by atoms with van der Waals surface area (Å²) in [6.07, 6.45) is 5.25. The number of urea groups is 1. The first-order valence-electron chi connectivity index (χ1n) is 9.11. The standard InChI is InChI=1S/C19H24ClN3O3/c1-13(14-8-4-5-9-15(14)20)21-16(24)12-23-17(25)19(22-18(23)26)10-6-2-3-7-11-19/h4-5,8-9,13H,2-3,6-7,10-12H2,1H3,(H,21,24)(H,22,26)/t13-/m1/s1. The molecule has 2 fully saturated rings. The van der Waals surface area contributed by atoms with Crippen molar-refractivity contribution in [2.45, 2.75) is 57.0 Å². The predicted molar refractivity (Wildman–Crippen MR) is 98.7 cm³/mol. The lowest BCUT2D eigenvalue weighted by Gasteiger charge is -2.24. The van der Waals surface area contributed by atoms with Gasteiger partial charge >= 0.3 is 6.03 Å². The fraction of sp³-hybridized carbons (Fsp3) is 0.526. The molecule has 0 radical (unpaired) electrons. The van der Waals surface area contributed by atoms with Gasteiger partial charge in [0.1, 0.15) is 12.1 Å². The largest absolute Gasteiger partial charge is 0.348 e. The van der Waals surface area contributed by atoms with E-state index < -0.39 is 11.6 Å². The number of imide groups is 1. The number of halogens is 1. The van der Waals surface area contributed by atoms with Crippen molar-refractivity contribution >= 4 is 29.4 Å². The van der Waals surface area contributed by atoms with Crippen molar-refractivity contribution in [2.75, 3.05) is 6.54 Å². The number of nitrogens with zero attached hydrogens (tertiary/aromatic N) is 1. The van der Waals surface area contributed by atoms with Gasteiger partial charge in [0.05, 0.1) is 6.04 Å². The quantitative estimate of drug-likeness (QED) is 0.791. The van der Waals surface area contributed by atoms with Crippen LogP contribution in [-0.2, 0) is 9.59 Å². The average molecular weight is 378 g/mol. The van der Waals surface area contributed by atoms with Crippen molar-refractivity contribution in [3.63, 3.8) is 0 Å². The van der Waals surface area contributed by atoms with Gasteiger partial charge in [-0.25, -0.2) is 4.79 Å². The van der Waals surface area contributed by atoms with Crippen LogP contribution in [0.5, 0.6) is 0 Å². The summed E-state index contributed by atoms with van der Waals surface area (Å²) in [5, 5.41) is 6.22. The van der Waals surface area contributed by atoms with Gasteiger partial charge < -0.3 is 10.6 Å². The van der Waals surface area contributed by atoms with E-state index in [0.29, 0.717) is 17.9 Å². The highest BCUT2D eigenvalue weighted by atomic mass is 35.5. The Bertz CT molecular complexity index is 714. The molecule has 0 bridgehead atoms. The Hall–Kier alpha value is -2.08. The highest BCUT2D eigenvalue weighted by molar-refractivity contribution is 6.31. The van der Waals surface area contributed by atoms with Crippen molar-refractivity contribution < 1.29 is 14.4 Å². The molecule has 1 aromatic carbocycles. The molecule has 0 aromatic heterocycles. The predicted octanol–water partition coefficient (Wildman–Crippen LogP) is 3.16. The van der Waals surface area contributed by atoms with Crippen LogP contribution in [-0.4, -0.2) is 34.8 Å². The Morgan fingerprint density at radius 1 is 1.23 bits per heavy atom. The van der Waals surface area contributed by atoms with Gasteiger partial charge in [-0.1, -0.05) is 55.5 Å². The topological polar surface area (TPSA) is 78.5 Å². The molecule has 3 rings (SSSR count). The zero-order valence-corrected chi connectivity index (χ0v) is 15.6. The lowest BCUT2D eigenvalue weighted by Crippen LogP contribution is -2.47. The second kappa shape index (κ2) is 7.66.